The minimum Gasteiger partial charge on any atom is -0.393 e. The molecule has 15 heavy (non-hydrogen) atoms. The van der Waals surface area contributed by atoms with Gasteiger partial charge < -0.3 is 5.11 Å². The van der Waals surface area contributed by atoms with Gasteiger partial charge in [0.25, 0.3) is 0 Å². The Morgan fingerprint density at radius 2 is 1.73 bits per heavy atom. The highest BCUT2D eigenvalue weighted by atomic mass is 19.4. The van der Waals surface area contributed by atoms with E-state index in [9.17, 15) is 18.3 Å². The van der Waals surface area contributed by atoms with Gasteiger partial charge in [0.15, 0.2) is 0 Å². The molecule has 1 fully saturated rings. The largest absolute Gasteiger partial charge is 0.393 e. The molecule has 1 unspecified atom stereocenters. The van der Waals surface area contributed by atoms with Gasteiger partial charge in [-0.2, -0.15) is 13.2 Å². The van der Waals surface area contributed by atoms with Gasteiger partial charge in [-0.3, -0.25) is 0 Å². The first kappa shape index (κ1) is 12.8. The summed E-state index contributed by atoms with van der Waals surface area (Å²) in [5, 5.41) is 9.80. The van der Waals surface area contributed by atoms with Crippen LogP contribution < -0.4 is 0 Å². The average molecular weight is 224 g/mol. The maximum absolute atomic E-state index is 12.0. The van der Waals surface area contributed by atoms with Crippen molar-refractivity contribution in [3.05, 3.63) is 0 Å². The number of hydrogen-bond donors (Lipinski definition) is 1. The third kappa shape index (κ3) is 4.01. The van der Waals surface area contributed by atoms with Crippen molar-refractivity contribution >= 4 is 0 Å². The highest BCUT2D eigenvalue weighted by molar-refractivity contribution is 4.85. The van der Waals surface area contributed by atoms with Gasteiger partial charge in [-0.1, -0.05) is 26.2 Å². The molecular formula is C11H19F3O. The Morgan fingerprint density at radius 1 is 1.20 bits per heavy atom. The van der Waals surface area contributed by atoms with Gasteiger partial charge in [0, 0.05) is 6.42 Å². The lowest BCUT2D eigenvalue weighted by atomic mass is 9.71. The molecule has 1 aliphatic rings. The van der Waals surface area contributed by atoms with Crippen LogP contribution in [0.5, 0.6) is 0 Å². The van der Waals surface area contributed by atoms with Crippen LogP contribution in [0.2, 0.25) is 0 Å². The molecule has 0 aromatic rings. The monoisotopic (exact) mass is 224 g/mol. The molecule has 1 N–H and O–H groups in total. The number of aliphatic hydroxyl groups is 1. The Labute approximate surface area is 88.7 Å². The second kappa shape index (κ2) is 4.73. The molecule has 1 atom stereocenters. The van der Waals surface area contributed by atoms with E-state index in [0.717, 1.165) is 32.1 Å². The third-order valence-corrected chi connectivity index (χ3v) is 3.50. The van der Waals surface area contributed by atoms with Gasteiger partial charge in [0.05, 0.1) is 6.10 Å². The normalized spacial score (nSPS) is 23.8. The Hall–Kier alpha value is -0.250. The highest BCUT2D eigenvalue weighted by Crippen LogP contribution is 2.41. The van der Waals surface area contributed by atoms with Crippen LogP contribution in [0.1, 0.15) is 51.9 Å². The van der Waals surface area contributed by atoms with E-state index in [1.807, 2.05) is 6.92 Å². The van der Waals surface area contributed by atoms with E-state index in [2.05, 4.69) is 0 Å². The lowest BCUT2D eigenvalue weighted by Crippen LogP contribution is -2.35. The van der Waals surface area contributed by atoms with Crippen LogP contribution in [0.3, 0.4) is 0 Å². The molecule has 0 amide bonds. The van der Waals surface area contributed by atoms with Crippen LogP contribution in [-0.4, -0.2) is 17.4 Å². The Bertz CT molecular complexity index is 194. The fourth-order valence-corrected chi connectivity index (χ4v) is 2.34. The fraction of sp³-hybridized carbons (Fsp3) is 1.00. The molecule has 0 aromatic carbocycles. The topological polar surface area (TPSA) is 20.2 Å². The van der Waals surface area contributed by atoms with Crippen molar-refractivity contribution in [2.75, 3.05) is 0 Å². The van der Waals surface area contributed by atoms with Crippen molar-refractivity contribution in [2.45, 2.75) is 64.1 Å². The summed E-state index contributed by atoms with van der Waals surface area (Å²) in [4.78, 5) is 0. The average Bonchev–Trinajstić information content (AvgIpc) is 2.14. The zero-order valence-electron chi connectivity index (χ0n) is 9.11. The lowest BCUT2D eigenvalue weighted by Gasteiger charge is -2.38. The summed E-state index contributed by atoms with van der Waals surface area (Å²) in [5.41, 5.74) is -0.288. The Kier molecular flexibility index (Phi) is 4.04. The van der Waals surface area contributed by atoms with Gasteiger partial charge >= 0.3 is 6.18 Å². The maximum atomic E-state index is 12.0. The van der Waals surface area contributed by atoms with Crippen molar-refractivity contribution < 1.29 is 18.3 Å². The first-order valence-corrected chi connectivity index (χ1v) is 5.58. The van der Waals surface area contributed by atoms with Crippen LogP contribution >= 0.6 is 0 Å². The van der Waals surface area contributed by atoms with E-state index in [1.165, 1.54) is 0 Å². The summed E-state index contributed by atoms with van der Waals surface area (Å²) >= 11 is 0. The molecule has 0 bridgehead atoms. The first-order valence-electron chi connectivity index (χ1n) is 5.58. The quantitative estimate of drug-likeness (QED) is 0.775. The smallest absolute Gasteiger partial charge is 0.389 e. The van der Waals surface area contributed by atoms with Crippen LogP contribution in [-0.2, 0) is 0 Å². The van der Waals surface area contributed by atoms with Crippen molar-refractivity contribution in [3.8, 4) is 0 Å². The van der Waals surface area contributed by atoms with Gasteiger partial charge in [0.2, 0.25) is 0 Å². The predicted octanol–water partition coefficient (Wildman–Crippen LogP) is 3.66. The lowest BCUT2D eigenvalue weighted by molar-refractivity contribution is -0.145. The minimum atomic E-state index is -4.15. The maximum Gasteiger partial charge on any atom is 0.389 e. The fourth-order valence-electron chi connectivity index (χ4n) is 2.34. The molecule has 0 spiro atoms. The van der Waals surface area contributed by atoms with E-state index < -0.39 is 18.7 Å². The minimum absolute atomic E-state index is 0.153. The Balaban J connectivity index is 2.41. The molecule has 4 heteroatoms. The summed E-state index contributed by atoms with van der Waals surface area (Å²) in [6, 6.07) is 0. The molecule has 0 heterocycles. The molecule has 1 rings (SSSR count). The molecule has 90 valence electrons. The van der Waals surface area contributed by atoms with Gasteiger partial charge in [-0.05, 0) is 24.7 Å². The van der Waals surface area contributed by atoms with Crippen molar-refractivity contribution in [1.82, 2.24) is 0 Å². The molecule has 1 nitrogen and oxygen atoms in total. The highest BCUT2D eigenvalue weighted by Gasteiger charge is 2.37. The summed E-state index contributed by atoms with van der Waals surface area (Å²) in [7, 11) is 0. The van der Waals surface area contributed by atoms with Crippen LogP contribution in [0.25, 0.3) is 0 Å². The molecular weight excluding hydrogens is 205 g/mol. The Morgan fingerprint density at radius 3 is 2.20 bits per heavy atom. The zero-order valence-corrected chi connectivity index (χ0v) is 9.11. The summed E-state index contributed by atoms with van der Waals surface area (Å²) in [5.74, 6) is 0. The second-order valence-electron chi connectivity index (χ2n) is 4.88. The molecule has 1 saturated carbocycles. The molecule has 1 aliphatic carbocycles. The number of aliphatic hydroxyl groups excluding tert-OH is 1. The van der Waals surface area contributed by atoms with Crippen LogP contribution in [0.15, 0.2) is 0 Å². The number of alkyl halides is 3. The van der Waals surface area contributed by atoms with E-state index >= 15 is 0 Å². The van der Waals surface area contributed by atoms with Crippen LogP contribution in [0, 0.1) is 5.41 Å². The summed E-state index contributed by atoms with van der Waals surface area (Å²) in [6.07, 6.45) is -1.08. The number of rotatable bonds is 3. The standard InChI is InChI=1S/C11H19F3O/c1-10(6-3-2-4-7-10)9(15)5-8-11(12,13)14/h9,15H,2-8H2,1H3. The predicted molar refractivity (Wildman–Crippen MR) is 52.5 cm³/mol. The molecule has 0 aliphatic heterocycles. The second-order valence-corrected chi connectivity index (χ2v) is 4.88. The SMILES string of the molecule is CC1(C(O)CCC(F)(F)F)CCCCC1. The van der Waals surface area contributed by atoms with Gasteiger partial charge in [-0.25, -0.2) is 0 Å². The number of halogens is 3. The van der Waals surface area contributed by atoms with E-state index in [-0.39, 0.29) is 11.8 Å². The summed E-state index contributed by atoms with van der Waals surface area (Å²) < 4.78 is 36.0. The molecule has 0 radical (unpaired) electrons. The van der Waals surface area contributed by atoms with E-state index in [4.69, 9.17) is 0 Å². The van der Waals surface area contributed by atoms with Crippen molar-refractivity contribution in [2.24, 2.45) is 5.41 Å². The van der Waals surface area contributed by atoms with Crippen molar-refractivity contribution in [3.63, 3.8) is 0 Å². The summed E-state index contributed by atoms with van der Waals surface area (Å²) in [6.45, 7) is 1.91. The van der Waals surface area contributed by atoms with Crippen LogP contribution in [0.4, 0.5) is 13.2 Å². The van der Waals surface area contributed by atoms with Gasteiger partial charge in [0.1, 0.15) is 0 Å². The molecule has 0 saturated heterocycles. The zero-order chi connectivity index (χ0) is 11.5. The van der Waals surface area contributed by atoms with Crippen molar-refractivity contribution in [1.29, 1.82) is 0 Å². The van der Waals surface area contributed by atoms with Gasteiger partial charge in [-0.15, -0.1) is 0 Å². The van der Waals surface area contributed by atoms with E-state index in [1.54, 1.807) is 0 Å². The first-order chi connectivity index (χ1) is 6.83. The van der Waals surface area contributed by atoms with E-state index in [0.29, 0.717) is 0 Å². The number of hydrogen-bond acceptors (Lipinski definition) is 1. The third-order valence-electron chi connectivity index (χ3n) is 3.50. The molecule has 0 aromatic heterocycles.